The van der Waals surface area contributed by atoms with Gasteiger partial charge in [-0.25, -0.2) is 9.07 Å². The SMILES string of the molecule is CN=C(NCCc1ccn(-c2ccc(F)cc2)n1)N1CC(C)(C)C1(C)C.I. The Morgan fingerprint density at radius 1 is 1.19 bits per heavy atom. The van der Waals surface area contributed by atoms with Crippen molar-refractivity contribution in [1.29, 1.82) is 0 Å². The number of hydrogen-bond acceptors (Lipinski definition) is 2. The van der Waals surface area contributed by atoms with Crippen LogP contribution in [0.5, 0.6) is 0 Å². The van der Waals surface area contributed by atoms with Crippen LogP contribution in [-0.2, 0) is 6.42 Å². The highest BCUT2D eigenvalue weighted by atomic mass is 127. The average molecular weight is 485 g/mol. The quantitative estimate of drug-likeness (QED) is 0.407. The second kappa shape index (κ2) is 8.16. The van der Waals surface area contributed by atoms with Crippen molar-refractivity contribution in [1.82, 2.24) is 20.0 Å². The first-order valence-electron chi connectivity index (χ1n) is 9.03. The fourth-order valence-corrected chi connectivity index (χ4v) is 3.23. The molecule has 1 N–H and O–H groups in total. The molecule has 0 amide bonds. The first kappa shape index (κ1) is 21.7. The van der Waals surface area contributed by atoms with Gasteiger partial charge in [0.1, 0.15) is 5.82 Å². The zero-order chi connectivity index (χ0) is 18.9. The van der Waals surface area contributed by atoms with Gasteiger partial charge >= 0.3 is 0 Å². The summed E-state index contributed by atoms with van der Waals surface area (Å²) >= 11 is 0. The lowest BCUT2D eigenvalue weighted by Gasteiger charge is -2.62. The predicted molar refractivity (Wildman–Crippen MR) is 119 cm³/mol. The Morgan fingerprint density at radius 2 is 1.85 bits per heavy atom. The Morgan fingerprint density at radius 3 is 2.41 bits per heavy atom. The number of benzene rings is 1. The molecule has 1 aromatic heterocycles. The summed E-state index contributed by atoms with van der Waals surface area (Å²) in [7, 11) is 1.83. The number of hydrogen-bond donors (Lipinski definition) is 1. The van der Waals surface area contributed by atoms with Crippen LogP contribution in [0.15, 0.2) is 41.5 Å². The van der Waals surface area contributed by atoms with E-state index in [4.69, 9.17) is 0 Å². The number of rotatable bonds is 4. The van der Waals surface area contributed by atoms with Crippen LogP contribution in [0.3, 0.4) is 0 Å². The minimum absolute atomic E-state index is 0. The van der Waals surface area contributed by atoms with Gasteiger partial charge in [0.15, 0.2) is 5.96 Å². The van der Waals surface area contributed by atoms with Gasteiger partial charge in [-0.2, -0.15) is 5.10 Å². The molecule has 2 aromatic rings. The topological polar surface area (TPSA) is 45.5 Å². The number of nitrogens with zero attached hydrogens (tertiary/aromatic N) is 4. The van der Waals surface area contributed by atoms with Crippen LogP contribution < -0.4 is 5.32 Å². The normalized spacial score (nSPS) is 17.9. The first-order chi connectivity index (χ1) is 12.2. The average Bonchev–Trinajstić information content (AvgIpc) is 3.06. The molecule has 7 heteroatoms. The van der Waals surface area contributed by atoms with E-state index in [0.29, 0.717) is 0 Å². The van der Waals surface area contributed by atoms with Gasteiger partial charge in [-0.1, -0.05) is 13.8 Å². The third kappa shape index (κ3) is 4.28. The summed E-state index contributed by atoms with van der Waals surface area (Å²) in [4.78, 5) is 6.76. The Hall–Kier alpha value is -1.64. The predicted octanol–water partition coefficient (Wildman–Crippen LogP) is 3.87. The molecule has 0 spiro atoms. The van der Waals surface area contributed by atoms with E-state index in [9.17, 15) is 4.39 Å². The van der Waals surface area contributed by atoms with Crippen LogP contribution in [0.25, 0.3) is 5.69 Å². The van der Waals surface area contributed by atoms with Gasteiger partial charge in [0, 0.05) is 43.7 Å². The van der Waals surface area contributed by atoms with Gasteiger partial charge in [-0.05, 0) is 44.2 Å². The highest BCUT2D eigenvalue weighted by molar-refractivity contribution is 14.0. The standard InChI is InChI=1S/C20H28FN5.HI/c1-19(2)14-25(20(19,3)4)18(22-5)23-12-10-16-11-13-26(24-16)17-8-6-15(21)7-9-17;/h6-9,11,13H,10,12,14H2,1-5H3,(H,22,23);1H. The van der Waals surface area contributed by atoms with E-state index in [-0.39, 0.29) is 40.7 Å². The van der Waals surface area contributed by atoms with E-state index in [1.54, 1.807) is 16.8 Å². The van der Waals surface area contributed by atoms with Crippen molar-refractivity contribution in [3.8, 4) is 5.69 Å². The molecule has 0 atom stereocenters. The van der Waals surface area contributed by atoms with E-state index in [2.05, 4.69) is 48.0 Å². The van der Waals surface area contributed by atoms with E-state index in [1.807, 2.05) is 19.3 Å². The van der Waals surface area contributed by atoms with Gasteiger partial charge in [0.25, 0.3) is 0 Å². The fourth-order valence-electron chi connectivity index (χ4n) is 3.23. The Kier molecular flexibility index (Phi) is 6.55. The van der Waals surface area contributed by atoms with Gasteiger partial charge in [0.05, 0.1) is 11.4 Å². The molecule has 0 radical (unpaired) electrons. The molecule has 27 heavy (non-hydrogen) atoms. The zero-order valence-electron chi connectivity index (χ0n) is 16.7. The molecule has 1 aromatic carbocycles. The lowest BCUT2D eigenvalue weighted by molar-refractivity contribution is -0.0666. The minimum Gasteiger partial charge on any atom is -0.356 e. The maximum atomic E-state index is 13.0. The summed E-state index contributed by atoms with van der Waals surface area (Å²) < 4.78 is 14.8. The lowest BCUT2D eigenvalue weighted by Crippen LogP contribution is -2.72. The molecular weight excluding hydrogens is 456 g/mol. The third-order valence-electron chi connectivity index (χ3n) is 5.75. The van der Waals surface area contributed by atoms with Gasteiger partial charge in [-0.15, -0.1) is 24.0 Å². The van der Waals surface area contributed by atoms with E-state index >= 15 is 0 Å². The molecule has 0 aliphatic carbocycles. The molecule has 0 unspecified atom stereocenters. The van der Waals surface area contributed by atoms with Crippen LogP contribution >= 0.6 is 24.0 Å². The summed E-state index contributed by atoms with van der Waals surface area (Å²) in [6.45, 7) is 10.9. The van der Waals surface area contributed by atoms with Crippen molar-refractivity contribution in [3.63, 3.8) is 0 Å². The number of aliphatic imine (C=N–C) groups is 1. The van der Waals surface area contributed by atoms with Crippen molar-refractivity contribution in [2.45, 2.75) is 39.7 Å². The summed E-state index contributed by atoms with van der Waals surface area (Å²) in [5.41, 5.74) is 2.20. The molecule has 1 aliphatic rings. The van der Waals surface area contributed by atoms with Gasteiger partial charge < -0.3 is 10.2 Å². The Balaban J connectivity index is 0.00000261. The summed E-state index contributed by atoms with van der Waals surface area (Å²) in [5.74, 6) is 0.695. The number of likely N-dealkylation sites (tertiary alicyclic amines) is 1. The monoisotopic (exact) mass is 485 g/mol. The second-order valence-electron chi connectivity index (χ2n) is 7.98. The molecule has 148 valence electrons. The van der Waals surface area contributed by atoms with Crippen LogP contribution in [0.4, 0.5) is 4.39 Å². The second-order valence-corrected chi connectivity index (χ2v) is 7.98. The van der Waals surface area contributed by atoms with Crippen molar-refractivity contribution in [3.05, 3.63) is 48.0 Å². The maximum absolute atomic E-state index is 13.0. The number of aromatic nitrogens is 2. The maximum Gasteiger partial charge on any atom is 0.194 e. The molecular formula is C20H29FIN5. The van der Waals surface area contributed by atoms with Crippen molar-refractivity contribution >= 4 is 29.9 Å². The van der Waals surface area contributed by atoms with Crippen molar-refractivity contribution in [2.75, 3.05) is 20.1 Å². The van der Waals surface area contributed by atoms with Crippen molar-refractivity contribution in [2.24, 2.45) is 10.4 Å². The molecule has 1 saturated heterocycles. The van der Waals surface area contributed by atoms with E-state index in [1.165, 1.54) is 12.1 Å². The summed E-state index contributed by atoms with van der Waals surface area (Å²) in [6.07, 6.45) is 2.70. The largest absolute Gasteiger partial charge is 0.356 e. The van der Waals surface area contributed by atoms with Gasteiger partial charge in [0.2, 0.25) is 0 Å². The lowest BCUT2D eigenvalue weighted by atomic mass is 9.65. The molecule has 1 aliphatic heterocycles. The molecule has 1 fully saturated rings. The van der Waals surface area contributed by atoms with E-state index < -0.39 is 0 Å². The number of halogens is 2. The minimum atomic E-state index is -0.242. The van der Waals surface area contributed by atoms with Crippen LogP contribution in [0.2, 0.25) is 0 Å². The van der Waals surface area contributed by atoms with E-state index in [0.717, 1.165) is 36.9 Å². The summed E-state index contributed by atoms with van der Waals surface area (Å²) in [5, 5.41) is 8.01. The molecule has 5 nitrogen and oxygen atoms in total. The Labute approximate surface area is 178 Å². The highest BCUT2D eigenvalue weighted by Gasteiger charge is 2.53. The number of nitrogens with one attached hydrogen (secondary N) is 1. The first-order valence-corrected chi connectivity index (χ1v) is 9.03. The highest BCUT2D eigenvalue weighted by Crippen LogP contribution is 2.46. The fraction of sp³-hybridized carbons (Fsp3) is 0.500. The number of guanidine groups is 1. The van der Waals surface area contributed by atoms with Crippen LogP contribution in [0, 0.1) is 11.2 Å². The Bertz CT molecular complexity index is 795. The zero-order valence-corrected chi connectivity index (χ0v) is 19.0. The molecule has 0 bridgehead atoms. The summed E-state index contributed by atoms with van der Waals surface area (Å²) in [6, 6.07) is 8.32. The van der Waals surface area contributed by atoms with Gasteiger partial charge in [-0.3, -0.25) is 4.99 Å². The van der Waals surface area contributed by atoms with Crippen molar-refractivity contribution < 1.29 is 4.39 Å². The van der Waals surface area contributed by atoms with Crippen LogP contribution in [0.1, 0.15) is 33.4 Å². The van der Waals surface area contributed by atoms with Crippen LogP contribution in [-0.4, -0.2) is 46.3 Å². The molecule has 3 rings (SSSR count). The third-order valence-corrected chi connectivity index (χ3v) is 5.75. The molecule has 2 heterocycles. The smallest absolute Gasteiger partial charge is 0.194 e. The molecule has 0 saturated carbocycles.